The van der Waals surface area contributed by atoms with E-state index in [9.17, 15) is 0 Å². The summed E-state index contributed by atoms with van der Waals surface area (Å²) in [6.07, 6.45) is 5.93. The second-order valence-electron chi connectivity index (χ2n) is 6.06. The van der Waals surface area contributed by atoms with Crippen molar-refractivity contribution in [2.45, 2.75) is 12.8 Å². The number of nitrogens with zero attached hydrogens (tertiary/aromatic N) is 4. The Balaban J connectivity index is 1.84. The van der Waals surface area contributed by atoms with Gasteiger partial charge in [-0.25, -0.2) is 4.98 Å². The van der Waals surface area contributed by atoms with Crippen LogP contribution in [0.2, 0.25) is 0 Å². The standard InChI is InChI=1S/C20H14N4/c1-2-14-10-16-5-6-18(23-16)12-20-8-7-19(24-20)11-17-4-3-15(22-17)9-13(1)21-14/h1-6,9-12H,7-8H2/q-2. The summed E-state index contributed by atoms with van der Waals surface area (Å²) >= 11 is 0. The minimum atomic E-state index is 0.908. The highest BCUT2D eigenvalue weighted by Gasteiger charge is 2.06. The monoisotopic (exact) mass is 310 g/mol. The van der Waals surface area contributed by atoms with E-state index in [0.717, 1.165) is 57.7 Å². The number of fused-ring (bicyclic) bond motifs is 8. The fourth-order valence-electron chi connectivity index (χ4n) is 3.07. The van der Waals surface area contributed by atoms with Crippen molar-refractivity contribution in [2.24, 2.45) is 0 Å². The lowest BCUT2D eigenvalue weighted by atomic mass is 10.2. The first-order valence-corrected chi connectivity index (χ1v) is 8.04. The highest BCUT2D eigenvalue weighted by molar-refractivity contribution is 5.73. The summed E-state index contributed by atoms with van der Waals surface area (Å²) in [7, 11) is 0. The molecule has 0 amide bonds. The predicted molar refractivity (Wildman–Crippen MR) is 95.3 cm³/mol. The maximum Gasteiger partial charge on any atom is 0.0655 e. The Hall–Kier alpha value is -3.14. The first-order valence-electron chi connectivity index (χ1n) is 8.04. The molecule has 0 fully saturated rings. The molecular weight excluding hydrogens is 296 g/mol. The molecule has 0 atom stereocenters. The SMILES string of the molecule is C1=Cc2cc3ccc(cc4ccc(cc5nc(cc1n2)CC5)[n-]4)[n-]3. The summed E-state index contributed by atoms with van der Waals surface area (Å²) < 4.78 is 0. The van der Waals surface area contributed by atoms with E-state index in [1.54, 1.807) is 0 Å². The normalized spacial score (nSPS) is 13.3. The topological polar surface area (TPSA) is 54.0 Å². The predicted octanol–water partition coefficient (Wildman–Crippen LogP) is 3.53. The molecule has 2 aliphatic heterocycles. The molecule has 4 nitrogen and oxygen atoms in total. The van der Waals surface area contributed by atoms with E-state index in [-0.39, 0.29) is 0 Å². The molecule has 0 saturated carbocycles. The van der Waals surface area contributed by atoms with Crippen molar-refractivity contribution in [3.63, 3.8) is 0 Å². The summed E-state index contributed by atoms with van der Waals surface area (Å²) in [5.41, 5.74) is 7.69. The lowest BCUT2D eigenvalue weighted by Crippen LogP contribution is -1.80. The van der Waals surface area contributed by atoms with Gasteiger partial charge in [0.15, 0.2) is 0 Å². The van der Waals surface area contributed by atoms with Gasteiger partial charge in [0.25, 0.3) is 0 Å². The summed E-state index contributed by atoms with van der Waals surface area (Å²) in [5.74, 6) is 0. The van der Waals surface area contributed by atoms with E-state index in [2.05, 4.69) is 27.1 Å². The summed E-state index contributed by atoms with van der Waals surface area (Å²) in [5, 5.41) is 0. The number of aromatic nitrogens is 4. The number of hydrogen-bond acceptors (Lipinski definition) is 2. The van der Waals surface area contributed by atoms with Gasteiger partial charge in [-0.15, -0.1) is 22.1 Å². The maximum absolute atomic E-state index is 4.71. The van der Waals surface area contributed by atoms with Crippen LogP contribution in [0.5, 0.6) is 0 Å². The Bertz CT molecular complexity index is 1120. The van der Waals surface area contributed by atoms with Gasteiger partial charge in [0.2, 0.25) is 0 Å². The first-order chi connectivity index (χ1) is 11.8. The van der Waals surface area contributed by atoms with Crippen LogP contribution < -0.4 is 9.97 Å². The third-order valence-electron chi connectivity index (χ3n) is 4.19. The smallest absolute Gasteiger partial charge is 0.0655 e. The molecule has 5 heterocycles. The molecule has 2 aliphatic rings. The van der Waals surface area contributed by atoms with Gasteiger partial charge in [0, 0.05) is 11.4 Å². The van der Waals surface area contributed by atoms with Crippen molar-refractivity contribution in [3.8, 4) is 0 Å². The van der Waals surface area contributed by atoms with Gasteiger partial charge in [0.05, 0.1) is 11.4 Å². The zero-order chi connectivity index (χ0) is 15.9. The largest absolute Gasteiger partial charge is 0.658 e. The third kappa shape index (κ3) is 2.52. The zero-order valence-corrected chi connectivity index (χ0v) is 13.0. The molecule has 0 radical (unpaired) electrons. The van der Waals surface area contributed by atoms with E-state index in [1.165, 1.54) is 0 Å². The Morgan fingerprint density at radius 3 is 1.83 bits per heavy atom. The minimum Gasteiger partial charge on any atom is -0.658 e. The second-order valence-corrected chi connectivity index (χ2v) is 6.06. The van der Waals surface area contributed by atoms with Crippen LogP contribution in [0.25, 0.3) is 34.2 Å². The summed E-state index contributed by atoms with van der Waals surface area (Å²) in [6, 6.07) is 16.1. The van der Waals surface area contributed by atoms with Crippen molar-refractivity contribution in [1.82, 2.24) is 19.9 Å². The molecule has 0 aromatic carbocycles. The van der Waals surface area contributed by atoms with Gasteiger partial charge < -0.3 is 9.97 Å². The van der Waals surface area contributed by atoms with Crippen molar-refractivity contribution in [1.29, 1.82) is 0 Å². The van der Waals surface area contributed by atoms with Crippen LogP contribution >= 0.6 is 0 Å². The van der Waals surface area contributed by atoms with Gasteiger partial charge >= 0.3 is 0 Å². The molecule has 24 heavy (non-hydrogen) atoms. The lowest BCUT2D eigenvalue weighted by molar-refractivity contribution is 1.02. The van der Waals surface area contributed by atoms with Crippen LogP contribution in [-0.2, 0) is 12.8 Å². The van der Waals surface area contributed by atoms with Crippen LogP contribution in [0.3, 0.4) is 0 Å². The molecule has 116 valence electrons. The van der Waals surface area contributed by atoms with Crippen molar-refractivity contribution < 1.29 is 0 Å². The number of hydrogen-bond donors (Lipinski definition) is 0. The van der Waals surface area contributed by atoms with Crippen LogP contribution in [0, 0.1) is 0 Å². The van der Waals surface area contributed by atoms with Crippen LogP contribution in [0.4, 0.5) is 0 Å². The molecule has 0 unspecified atom stereocenters. The van der Waals surface area contributed by atoms with Gasteiger partial charge in [-0.3, -0.25) is 4.98 Å². The van der Waals surface area contributed by atoms with Crippen molar-refractivity contribution >= 4 is 34.2 Å². The highest BCUT2D eigenvalue weighted by Crippen LogP contribution is 2.16. The van der Waals surface area contributed by atoms with E-state index >= 15 is 0 Å². The summed E-state index contributed by atoms with van der Waals surface area (Å²) in [6.45, 7) is 0. The number of rotatable bonds is 0. The molecule has 0 N–H and O–H groups in total. The molecule has 5 rings (SSSR count). The van der Waals surface area contributed by atoms with Gasteiger partial charge in [-0.2, -0.15) is 0 Å². The molecule has 0 saturated heterocycles. The van der Waals surface area contributed by atoms with Gasteiger partial charge in [0.1, 0.15) is 0 Å². The second kappa shape index (κ2) is 5.20. The van der Waals surface area contributed by atoms with E-state index in [0.29, 0.717) is 0 Å². The molecule has 3 aromatic rings. The maximum atomic E-state index is 4.71. The van der Waals surface area contributed by atoms with Gasteiger partial charge in [-0.1, -0.05) is 42.5 Å². The average Bonchev–Trinajstić information content (AvgIpc) is 3.32. The fourth-order valence-corrected chi connectivity index (χ4v) is 3.07. The Labute approximate surface area is 138 Å². The number of aryl methyl sites for hydroxylation is 2. The van der Waals surface area contributed by atoms with E-state index in [1.807, 2.05) is 48.6 Å². The fraction of sp³-hybridized carbons (Fsp3) is 0.100. The molecule has 0 aliphatic carbocycles. The van der Waals surface area contributed by atoms with Crippen molar-refractivity contribution in [3.05, 3.63) is 71.3 Å². The molecular formula is C20H14N4-2. The van der Waals surface area contributed by atoms with E-state index < -0.39 is 0 Å². The Morgan fingerprint density at radius 1 is 0.583 bits per heavy atom. The minimum absolute atomic E-state index is 0.908. The van der Waals surface area contributed by atoms with Crippen molar-refractivity contribution in [2.75, 3.05) is 0 Å². The quantitative estimate of drug-likeness (QED) is 0.498. The third-order valence-corrected chi connectivity index (χ3v) is 4.19. The Kier molecular flexibility index (Phi) is 2.88. The molecule has 4 heteroatoms. The first kappa shape index (κ1) is 13.3. The Morgan fingerprint density at radius 2 is 1.12 bits per heavy atom. The van der Waals surface area contributed by atoms with Crippen LogP contribution in [-0.4, -0.2) is 9.97 Å². The lowest BCUT2D eigenvalue weighted by Gasteiger charge is -2.00. The van der Waals surface area contributed by atoms with E-state index in [4.69, 9.17) is 4.98 Å². The molecule has 3 aromatic heterocycles. The average molecular weight is 310 g/mol. The molecule has 8 bridgehead atoms. The van der Waals surface area contributed by atoms with Gasteiger partial charge in [-0.05, 0) is 31.1 Å². The highest BCUT2D eigenvalue weighted by atomic mass is 14.8. The van der Waals surface area contributed by atoms with Crippen LogP contribution in [0.1, 0.15) is 22.8 Å². The zero-order valence-electron chi connectivity index (χ0n) is 13.0. The van der Waals surface area contributed by atoms with Crippen LogP contribution in [0.15, 0.2) is 48.5 Å². The summed E-state index contributed by atoms with van der Waals surface area (Å²) in [4.78, 5) is 18.6. The molecule has 0 spiro atoms.